The summed E-state index contributed by atoms with van der Waals surface area (Å²) < 4.78 is 0. The quantitative estimate of drug-likeness (QED) is 0.791. The van der Waals surface area contributed by atoms with Crippen molar-refractivity contribution in [3.8, 4) is 0 Å². The maximum Gasteiger partial charge on any atom is 0.306 e. The molecule has 6 heteroatoms. The lowest BCUT2D eigenvalue weighted by molar-refractivity contribution is -0.141. The SMILES string of the molecule is CC(=O)Nc1ccc(NC(=O)[C@H]2CC[C@H](C(=O)O)C2)cc1. The Labute approximate surface area is 122 Å². The standard InChI is InChI=1S/C15H18N2O4/c1-9(18)16-12-4-6-13(7-5-12)17-14(19)10-2-3-11(8-10)15(20)21/h4-7,10-11H,2-3,8H2,1H3,(H,16,18)(H,17,19)(H,20,21)/t10-,11-/m0/s1. The van der Waals surface area contributed by atoms with Crippen LogP contribution in [0.4, 0.5) is 11.4 Å². The van der Waals surface area contributed by atoms with E-state index in [-0.39, 0.29) is 17.7 Å². The Morgan fingerprint density at radius 2 is 1.52 bits per heavy atom. The number of carboxylic acids is 1. The molecule has 0 heterocycles. The first-order valence-electron chi connectivity index (χ1n) is 6.87. The van der Waals surface area contributed by atoms with Crippen LogP contribution in [0.25, 0.3) is 0 Å². The van der Waals surface area contributed by atoms with Crippen molar-refractivity contribution in [1.29, 1.82) is 0 Å². The molecule has 0 radical (unpaired) electrons. The topological polar surface area (TPSA) is 95.5 Å². The molecule has 0 bridgehead atoms. The van der Waals surface area contributed by atoms with Gasteiger partial charge in [0.05, 0.1) is 5.92 Å². The lowest BCUT2D eigenvalue weighted by Crippen LogP contribution is -2.21. The number of amides is 2. The number of rotatable bonds is 4. The Hall–Kier alpha value is -2.37. The minimum Gasteiger partial charge on any atom is -0.481 e. The van der Waals surface area contributed by atoms with Gasteiger partial charge in [-0.25, -0.2) is 0 Å². The van der Waals surface area contributed by atoms with Gasteiger partial charge in [0.1, 0.15) is 0 Å². The molecule has 1 fully saturated rings. The normalized spacial score (nSPS) is 20.8. The lowest BCUT2D eigenvalue weighted by Gasteiger charge is -2.11. The zero-order valence-corrected chi connectivity index (χ0v) is 11.8. The summed E-state index contributed by atoms with van der Waals surface area (Å²) in [4.78, 5) is 33.9. The second-order valence-electron chi connectivity index (χ2n) is 5.29. The second kappa shape index (κ2) is 6.39. The Bertz CT molecular complexity index is 553. The Kier molecular flexibility index (Phi) is 4.57. The number of benzene rings is 1. The van der Waals surface area contributed by atoms with Crippen LogP contribution in [0.3, 0.4) is 0 Å². The van der Waals surface area contributed by atoms with Crippen LogP contribution in [0.2, 0.25) is 0 Å². The van der Waals surface area contributed by atoms with Gasteiger partial charge >= 0.3 is 5.97 Å². The van der Waals surface area contributed by atoms with Gasteiger partial charge in [0.25, 0.3) is 0 Å². The molecule has 1 aliphatic carbocycles. The van der Waals surface area contributed by atoms with Gasteiger partial charge in [0.15, 0.2) is 0 Å². The third-order valence-electron chi connectivity index (χ3n) is 3.63. The van der Waals surface area contributed by atoms with Crippen LogP contribution in [0.1, 0.15) is 26.2 Å². The van der Waals surface area contributed by atoms with Crippen molar-refractivity contribution < 1.29 is 19.5 Å². The van der Waals surface area contributed by atoms with Gasteiger partial charge in [-0.15, -0.1) is 0 Å². The van der Waals surface area contributed by atoms with E-state index in [9.17, 15) is 14.4 Å². The first-order valence-corrected chi connectivity index (χ1v) is 6.87. The summed E-state index contributed by atoms with van der Waals surface area (Å²) in [5.41, 5.74) is 1.29. The van der Waals surface area contributed by atoms with Crippen molar-refractivity contribution in [3.63, 3.8) is 0 Å². The highest BCUT2D eigenvalue weighted by Crippen LogP contribution is 2.32. The number of carbonyl (C=O) groups excluding carboxylic acids is 2. The summed E-state index contributed by atoms with van der Waals surface area (Å²) >= 11 is 0. The fourth-order valence-electron chi connectivity index (χ4n) is 2.53. The van der Waals surface area contributed by atoms with Crippen molar-refractivity contribution in [1.82, 2.24) is 0 Å². The van der Waals surface area contributed by atoms with Crippen molar-refractivity contribution in [2.75, 3.05) is 10.6 Å². The molecule has 3 N–H and O–H groups in total. The van der Waals surface area contributed by atoms with Gasteiger partial charge in [-0.3, -0.25) is 14.4 Å². The van der Waals surface area contributed by atoms with E-state index in [2.05, 4.69) is 10.6 Å². The fourth-order valence-corrected chi connectivity index (χ4v) is 2.53. The number of hydrogen-bond acceptors (Lipinski definition) is 3. The van der Waals surface area contributed by atoms with Gasteiger partial charge in [0.2, 0.25) is 11.8 Å². The van der Waals surface area contributed by atoms with Gasteiger partial charge in [-0.05, 0) is 43.5 Å². The van der Waals surface area contributed by atoms with Crippen LogP contribution in [-0.2, 0) is 14.4 Å². The molecule has 0 aliphatic heterocycles. The lowest BCUT2D eigenvalue weighted by atomic mass is 10.0. The summed E-state index contributed by atoms with van der Waals surface area (Å²) in [7, 11) is 0. The van der Waals surface area contributed by atoms with Gasteiger partial charge in [-0.2, -0.15) is 0 Å². The zero-order valence-electron chi connectivity index (χ0n) is 11.8. The fraction of sp³-hybridized carbons (Fsp3) is 0.400. The van der Waals surface area contributed by atoms with E-state index in [0.29, 0.717) is 30.6 Å². The van der Waals surface area contributed by atoms with E-state index in [0.717, 1.165) is 0 Å². The first kappa shape index (κ1) is 15.0. The first-order chi connectivity index (χ1) is 9.95. The van der Waals surface area contributed by atoms with E-state index < -0.39 is 11.9 Å². The molecule has 0 unspecified atom stereocenters. The maximum atomic E-state index is 12.1. The van der Waals surface area contributed by atoms with Gasteiger partial charge in [0, 0.05) is 24.2 Å². The van der Waals surface area contributed by atoms with Crippen LogP contribution in [0, 0.1) is 11.8 Å². The molecule has 1 saturated carbocycles. The molecule has 1 aromatic carbocycles. The molecular formula is C15H18N2O4. The van der Waals surface area contributed by atoms with Crippen LogP contribution in [-0.4, -0.2) is 22.9 Å². The summed E-state index contributed by atoms with van der Waals surface area (Å²) in [5, 5.41) is 14.4. The number of anilines is 2. The molecule has 21 heavy (non-hydrogen) atoms. The molecule has 0 spiro atoms. The van der Waals surface area contributed by atoms with Crippen molar-refractivity contribution >= 4 is 29.2 Å². The van der Waals surface area contributed by atoms with Gasteiger partial charge in [-0.1, -0.05) is 0 Å². The van der Waals surface area contributed by atoms with Crippen LogP contribution >= 0.6 is 0 Å². The Balaban J connectivity index is 1.91. The van der Waals surface area contributed by atoms with E-state index in [1.54, 1.807) is 24.3 Å². The Morgan fingerprint density at radius 1 is 1.00 bits per heavy atom. The van der Waals surface area contributed by atoms with Crippen LogP contribution < -0.4 is 10.6 Å². The van der Waals surface area contributed by atoms with Crippen LogP contribution in [0.5, 0.6) is 0 Å². The molecule has 1 aliphatic rings. The minimum atomic E-state index is -0.829. The van der Waals surface area contributed by atoms with E-state index in [1.807, 2.05) is 0 Å². The van der Waals surface area contributed by atoms with Gasteiger partial charge < -0.3 is 15.7 Å². The highest BCUT2D eigenvalue weighted by molar-refractivity contribution is 5.94. The molecule has 2 rings (SSSR count). The molecule has 0 aromatic heterocycles. The summed E-state index contributed by atoms with van der Waals surface area (Å²) in [5.74, 6) is -1.79. The van der Waals surface area contributed by atoms with E-state index in [1.165, 1.54) is 6.92 Å². The average Bonchev–Trinajstić information content (AvgIpc) is 2.90. The van der Waals surface area contributed by atoms with Crippen molar-refractivity contribution in [2.45, 2.75) is 26.2 Å². The number of hydrogen-bond donors (Lipinski definition) is 3. The Morgan fingerprint density at radius 3 is 2.00 bits per heavy atom. The molecule has 0 saturated heterocycles. The van der Waals surface area contributed by atoms with E-state index >= 15 is 0 Å². The minimum absolute atomic E-state index is 0.147. The summed E-state index contributed by atoms with van der Waals surface area (Å²) in [6, 6.07) is 6.80. The summed E-state index contributed by atoms with van der Waals surface area (Å²) in [6.45, 7) is 1.43. The highest BCUT2D eigenvalue weighted by Gasteiger charge is 2.33. The van der Waals surface area contributed by atoms with Crippen molar-refractivity contribution in [3.05, 3.63) is 24.3 Å². The number of carbonyl (C=O) groups is 3. The monoisotopic (exact) mass is 290 g/mol. The third-order valence-corrected chi connectivity index (χ3v) is 3.63. The largest absolute Gasteiger partial charge is 0.481 e. The second-order valence-corrected chi connectivity index (χ2v) is 5.29. The predicted octanol–water partition coefficient (Wildman–Crippen LogP) is 2.08. The maximum absolute atomic E-state index is 12.1. The van der Waals surface area contributed by atoms with Crippen LogP contribution in [0.15, 0.2) is 24.3 Å². The number of nitrogens with one attached hydrogen (secondary N) is 2. The highest BCUT2D eigenvalue weighted by atomic mass is 16.4. The third kappa shape index (κ3) is 4.05. The zero-order chi connectivity index (χ0) is 15.4. The number of aliphatic carboxylic acids is 1. The van der Waals surface area contributed by atoms with Crippen molar-refractivity contribution in [2.24, 2.45) is 11.8 Å². The molecule has 112 valence electrons. The molecule has 1 aromatic rings. The predicted molar refractivity (Wildman–Crippen MR) is 77.8 cm³/mol. The molecular weight excluding hydrogens is 272 g/mol. The molecule has 2 atom stereocenters. The molecule has 6 nitrogen and oxygen atoms in total. The number of carboxylic acid groups (broad SMARTS) is 1. The molecule has 2 amide bonds. The summed E-state index contributed by atoms with van der Waals surface area (Å²) in [6.07, 6.45) is 1.55. The van der Waals surface area contributed by atoms with E-state index in [4.69, 9.17) is 5.11 Å². The average molecular weight is 290 g/mol. The smallest absolute Gasteiger partial charge is 0.306 e.